The quantitative estimate of drug-likeness (QED) is 0.652. The molecule has 0 radical (unpaired) electrons. The molecule has 0 aliphatic carbocycles. The molecule has 1 amide bonds. The molecule has 2 aromatic carbocycles. The summed E-state index contributed by atoms with van der Waals surface area (Å²) < 4.78 is 1.51. The number of anilines is 1. The molecule has 4 nitrogen and oxygen atoms in total. The summed E-state index contributed by atoms with van der Waals surface area (Å²) in [4.78, 5) is 27.0. The largest absolute Gasteiger partial charge is 0.310 e. The number of halogens is 1. The SMILES string of the molecule is CCN(C(=O)c1ccc(=O)n(Cc2ccccc2Cl)c1)c1cccc(C)c1. The Kier molecular flexibility index (Phi) is 5.77. The minimum Gasteiger partial charge on any atom is -0.310 e. The summed E-state index contributed by atoms with van der Waals surface area (Å²) in [5, 5.41) is 0.594. The number of nitrogens with zero attached hydrogens (tertiary/aromatic N) is 2. The van der Waals surface area contributed by atoms with E-state index in [2.05, 4.69) is 0 Å². The topological polar surface area (TPSA) is 42.3 Å². The van der Waals surface area contributed by atoms with Gasteiger partial charge in [-0.2, -0.15) is 0 Å². The van der Waals surface area contributed by atoms with E-state index in [-0.39, 0.29) is 11.5 Å². The second kappa shape index (κ2) is 8.23. The van der Waals surface area contributed by atoms with Gasteiger partial charge in [0.2, 0.25) is 0 Å². The lowest BCUT2D eigenvalue weighted by Gasteiger charge is -2.22. The number of benzene rings is 2. The third kappa shape index (κ3) is 4.29. The first-order valence-electron chi connectivity index (χ1n) is 8.82. The number of carbonyl (C=O) groups is 1. The molecule has 1 aromatic heterocycles. The van der Waals surface area contributed by atoms with E-state index >= 15 is 0 Å². The van der Waals surface area contributed by atoms with Crippen LogP contribution in [0.15, 0.2) is 71.7 Å². The van der Waals surface area contributed by atoms with E-state index in [0.717, 1.165) is 16.8 Å². The van der Waals surface area contributed by atoms with Gasteiger partial charge in [-0.3, -0.25) is 9.59 Å². The van der Waals surface area contributed by atoms with Crippen LogP contribution in [0.2, 0.25) is 5.02 Å². The lowest BCUT2D eigenvalue weighted by molar-refractivity contribution is 0.0987. The first kappa shape index (κ1) is 18.9. The van der Waals surface area contributed by atoms with Crippen LogP contribution in [0.25, 0.3) is 0 Å². The predicted octanol–water partition coefficient (Wildman–Crippen LogP) is 4.53. The van der Waals surface area contributed by atoms with Crippen molar-refractivity contribution in [3.05, 3.63) is 98.9 Å². The molecular weight excluding hydrogens is 360 g/mol. The number of carbonyl (C=O) groups excluding carboxylic acids is 1. The molecule has 27 heavy (non-hydrogen) atoms. The van der Waals surface area contributed by atoms with E-state index < -0.39 is 0 Å². The van der Waals surface area contributed by atoms with Crippen molar-refractivity contribution < 1.29 is 4.79 Å². The van der Waals surface area contributed by atoms with Crippen molar-refractivity contribution >= 4 is 23.2 Å². The van der Waals surface area contributed by atoms with Crippen LogP contribution in [0.1, 0.15) is 28.4 Å². The fourth-order valence-corrected chi connectivity index (χ4v) is 3.18. The van der Waals surface area contributed by atoms with Crippen molar-refractivity contribution in [2.24, 2.45) is 0 Å². The molecule has 0 N–H and O–H groups in total. The van der Waals surface area contributed by atoms with Crippen molar-refractivity contribution in [1.29, 1.82) is 0 Å². The average Bonchev–Trinajstić information content (AvgIpc) is 2.66. The van der Waals surface area contributed by atoms with Crippen molar-refractivity contribution in [2.75, 3.05) is 11.4 Å². The van der Waals surface area contributed by atoms with E-state index in [1.807, 2.05) is 56.3 Å². The number of hydrogen-bond acceptors (Lipinski definition) is 2. The predicted molar refractivity (Wildman–Crippen MR) is 110 cm³/mol. The fraction of sp³-hybridized carbons (Fsp3) is 0.182. The van der Waals surface area contributed by atoms with E-state index in [1.165, 1.54) is 10.6 Å². The Morgan fingerprint density at radius 3 is 2.56 bits per heavy atom. The maximum atomic E-state index is 13.1. The third-order valence-corrected chi connectivity index (χ3v) is 4.77. The molecule has 0 saturated carbocycles. The Balaban J connectivity index is 1.93. The molecule has 0 saturated heterocycles. The highest BCUT2D eigenvalue weighted by molar-refractivity contribution is 6.31. The van der Waals surface area contributed by atoms with Gasteiger partial charge in [0.25, 0.3) is 11.5 Å². The first-order chi connectivity index (χ1) is 13.0. The van der Waals surface area contributed by atoms with Gasteiger partial charge in [0.15, 0.2) is 0 Å². The molecular formula is C22H21ClN2O2. The zero-order valence-corrected chi connectivity index (χ0v) is 16.1. The van der Waals surface area contributed by atoms with E-state index in [1.54, 1.807) is 23.2 Å². The molecule has 0 fully saturated rings. The summed E-state index contributed by atoms with van der Waals surface area (Å²) in [6.45, 7) is 4.77. The highest BCUT2D eigenvalue weighted by Gasteiger charge is 2.17. The van der Waals surface area contributed by atoms with Crippen LogP contribution in [0.3, 0.4) is 0 Å². The molecule has 0 atom stereocenters. The smallest absolute Gasteiger partial charge is 0.259 e. The summed E-state index contributed by atoms with van der Waals surface area (Å²) in [6.07, 6.45) is 1.60. The fourth-order valence-electron chi connectivity index (χ4n) is 2.99. The highest BCUT2D eigenvalue weighted by Crippen LogP contribution is 2.19. The van der Waals surface area contributed by atoms with Crippen LogP contribution < -0.4 is 10.5 Å². The standard InChI is InChI=1S/C22H21ClN2O2/c1-3-25(19-9-6-7-16(2)13-19)22(27)18-11-12-21(26)24(15-18)14-17-8-4-5-10-20(17)23/h4-13,15H,3,14H2,1-2H3. The van der Waals surface area contributed by atoms with Gasteiger partial charge in [-0.25, -0.2) is 0 Å². The Hall–Kier alpha value is -2.85. The van der Waals surface area contributed by atoms with Gasteiger partial charge in [0, 0.05) is 29.5 Å². The zero-order valence-electron chi connectivity index (χ0n) is 15.4. The van der Waals surface area contributed by atoms with Crippen molar-refractivity contribution in [1.82, 2.24) is 4.57 Å². The van der Waals surface area contributed by atoms with Gasteiger partial charge >= 0.3 is 0 Å². The van der Waals surface area contributed by atoms with E-state index in [4.69, 9.17) is 11.6 Å². The highest BCUT2D eigenvalue weighted by atomic mass is 35.5. The lowest BCUT2D eigenvalue weighted by Crippen LogP contribution is -2.32. The number of amides is 1. The van der Waals surface area contributed by atoms with Crippen molar-refractivity contribution in [2.45, 2.75) is 20.4 Å². The van der Waals surface area contributed by atoms with Crippen LogP contribution >= 0.6 is 11.6 Å². The van der Waals surface area contributed by atoms with Gasteiger partial charge in [0.1, 0.15) is 0 Å². The number of hydrogen-bond donors (Lipinski definition) is 0. The molecule has 5 heteroatoms. The number of rotatable bonds is 5. The molecule has 0 spiro atoms. The van der Waals surface area contributed by atoms with E-state index in [0.29, 0.717) is 23.7 Å². The Bertz CT molecular complexity index is 1030. The molecule has 0 aliphatic heterocycles. The second-order valence-electron chi connectivity index (χ2n) is 6.36. The minimum absolute atomic E-state index is 0.143. The summed E-state index contributed by atoms with van der Waals surface area (Å²) >= 11 is 6.21. The summed E-state index contributed by atoms with van der Waals surface area (Å²) in [5.41, 5.74) is 3.04. The maximum Gasteiger partial charge on any atom is 0.259 e. The van der Waals surface area contributed by atoms with Gasteiger partial charge in [-0.1, -0.05) is 41.9 Å². The van der Waals surface area contributed by atoms with Gasteiger partial charge < -0.3 is 9.47 Å². The Labute approximate surface area is 163 Å². The number of aromatic nitrogens is 1. The zero-order chi connectivity index (χ0) is 19.4. The van der Waals surface area contributed by atoms with Gasteiger partial charge in [-0.15, -0.1) is 0 Å². The van der Waals surface area contributed by atoms with Crippen LogP contribution in [0.4, 0.5) is 5.69 Å². The molecule has 3 rings (SSSR count). The first-order valence-corrected chi connectivity index (χ1v) is 9.20. The maximum absolute atomic E-state index is 13.1. The third-order valence-electron chi connectivity index (χ3n) is 4.40. The second-order valence-corrected chi connectivity index (χ2v) is 6.77. The number of aryl methyl sites for hydroxylation is 1. The summed E-state index contributed by atoms with van der Waals surface area (Å²) in [7, 11) is 0. The molecule has 0 unspecified atom stereocenters. The van der Waals surface area contributed by atoms with Crippen LogP contribution in [-0.2, 0) is 6.54 Å². The van der Waals surface area contributed by atoms with Gasteiger partial charge in [0.05, 0.1) is 12.1 Å². The normalized spacial score (nSPS) is 10.6. The molecule has 1 heterocycles. The number of pyridine rings is 1. The average molecular weight is 381 g/mol. The summed E-state index contributed by atoms with van der Waals surface area (Å²) in [6, 6.07) is 18.2. The molecule has 3 aromatic rings. The Morgan fingerprint density at radius 2 is 1.85 bits per heavy atom. The van der Waals surface area contributed by atoms with Crippen LogP contribution in [-0.4, -0.2) is 17.0 Å². The molecule has 0 aliphatic rings. The lowest BCUT2D eigenvalue weighted by atomic mass is 10.1. The van der Waals surface area contributed by atoms with Crippen molar-refractivity contribution in [3.8, 4) is 0 Å². The Morgan fingerprint density at radius 1 is 1.07 bits per heavy atom. The molecule has 138 valence electrons. The summed E-state index contributed by atoms with van der Waals surface area (Å²) in [5.74, 6) is -0.143. The van der Waals surface area contributed by atoms with Crippen LogP contribution in [0, 0.1) is 6.92 Å². The van der Waals surface area contributed by atoms with Crippen LogP contribution in [0.5, 0.6) is 0 Å². The van der Waals surface area contributed by atoms with E-state index in [9.17, 15) is 9.59 Å². The monoisotopic (exact) mass is 380 g/mol. The van der Waals surface area contributed by atoms with Crippen molar-refractivity contribution in [3.63, 3.8) is 0 Å². The minimum atomic E-state index is -0.176. The molecule has 0 bridgehead atoms. The van der Waals surface area contributed by atoms with Gasteiger partial charge in [-0.05, 0) is 49.2 Å².